The van der Waals surface area contributed by atoms with Crippen molar-refractivity contribution in [3.63, 3.8) is 0 Å². The lowest BCUT2D eigenvalue weighted by Crippen LogP contribution is -2.44. The van der Waals surface area contributed by atoms with Gasteiger partial charge in [0.2, 0.25) is 0 Å². The fourth-order valence-electron chi connectivity index (χ4n) is 3.49. The highest BCUT2D eigenvalue weighted by molar-refractivity contribution is 4.85. The smallest absolute Gasteiger partial charge is 0.0218 e. The summed E-state index contributed by atoms with van der Waals surface area (Å²) >= 11 is 0. The van der Waals surface area contributed by atoms with Crippen molar-refractivity contribution >= 4 is 0 Å². The van der Waals surface area contributed by atoms with Crippen LogP contribution in [0, 0.1) is 11.8 Å². The Kier molecular flexibility index (Phi) is 4.26. The summed E-state index contributed by atoms with van der Waals surface area (Å²) in [6, 6.07) is 1.58. The number of nitrogens with zero attached hydrogens (tertiary/aromatic N) is 1. The van der Waals surface area contributed by atoms with Crippen LogP contribution in [-0.2, 0) is 0 Å². The van der Waals surface area contributed by atoms with Crippen molar-refractivity contribution in [1.29, 1.82) is 0 Å². The van der Waals surface area contributed by atoms with E-state index in [0.717, 1.165) is 23.9 Å². The lowest BCUT2D eigenvalue weighted by molar-refractivity contribution is 0.209. The Morgan fingerprint density at radius 1 is 1.19 bits per heavy atom. The van der Waals surface area contributed by atoms with Crippen LogP contribution in [0.5, 0.6) is 0 Å². The van der Waals surface area contributed by atoms with E-state index in [1.54, 1.807) is 0 Å². The zero-order valence-electron chi connectivity index (χ0n) is 11.2. The van der Waals surface area contributed by atoms with Gasteiger partial charge < -0.3 is 10.2 Å². The molecule has 94 valence electrons. The maximum absolute atomic E-state index is 3.82. The molecule has 2 fully saturated rings. The van der Waals surface area contributed by atoms with Crippen LogP contribution >= 0.6 is 0 Å². The SMILES string of the molecule is CC1CCC(NCC2CCCN2C)C(C)C1. The van der Waals surface area contributed by atoms with Gasteiger partial charge in [-0.1, -0.05) is 13.8 Å². The second kappa shape index (κ2) is 5.50. The highest BCUT2D eigenvalue weighted by atomic mass is 15.2. The first kappa shape index (κ1) is 12.4. The summed E-state index contributed by atoms with van der Waals surface area (Å²) in [6.07, 6.45) is 7.00. The van der Waals surface area contributed by atoms with E-state index in [1.165, 1.54) is 45.2 Å². The predicted molar refractivity (Wildman–Crippen MR) is 69.6 cm³/mol. The summed E-state index contributed by atoms with van der Waals surface area (Å²) in [5.74, 6) is 1.82. The molecular formula is C14H28N2. The number of hydrogen-bond donors (Lipinski definition) is 1. The van der Waals surface area contributed by atoms with Crippen molar-refractivity contribution in [2.75, 3.05) is 20.1 Å². The van der Waals surface area contributed by atoms with Gasteiger partial charge in [-0.3, -0.25) is 0 Å². The molecule has 2 aliphatic rings. The Morgan fingerprint density at radius 3 is 2.62 bits per heavy atom. The first-order chi connectivity index (χ1) is 7.66. The van der Waals surface area contributed by atoms with Gasteiger partial charge in [0.1, 0.15) is 0 Å². The monoisotopic (exact) mass is 224 g/mol. The van der Waals surface area contributed by atoms with E-state index in [9.17, 15) is 0 Å². The third-order valence-corrected chi connectivity index (χ3v) is 4.72. The first-order valence-electron chi connectivity index (χ1n) is 7.10. The predicted octanol–water partition coefficient (Wildman–Crippen LogP) is 2.49. The van der Waals surface area contributed by atoms with Crippen molar-refractivity contribution in [2.24, 2.45) is 11.8 Å². The molecule has 0 amide bonds. The number of rotatable bonds is 3. The van der Waals surface area contributed by atoms with Gasteiger partial charge in [-0.2, -0.15) is 0 Å². The summed E-state index contributed by atoms with van der Waals surface area (Å²) in [5.41, 5.74) is 0. The summed E-state index contributed by atoms with van der Waals surface area (Å²) in [6.45, 7) is 7.33. The van der Waals surface area contributed by atoms with Gasteiger partial charge in [-0.05, 0) is 57.5 Å². The van der Waals surface area contributed by atoms with Crippen LogP contribution < -0.4 is 5.32 Å². The molecule has 4 unspecified atom stereocenters. The van der Waals surface area contributed by atoms with E-state index in [2.05, 4.69) is 31.1 Å². The molecular weight excluding hydrogens is 196 g/mol. The summed E-state index contributed by atoms with van der Waals surface area (Å²) in [4.78, 5) is 2.52. The third kappa shape index (κ3) is 2.98. The summed E-state index contributed by atoms with van der Waals surface area (Å²) < 4.78 is 0. The van der Waals surface area contributed by atoms with E-state index in [4.69, 9.17) is 0 Å². The van der Waals surface area contributed by atoms with Crippen molar-refractivity contribution in [2.45, 2.75) is 58.0 Å². The highest BCUT2D eigenvalue weighted by Crippen LogP contribution is 2.28. The molecule has 1 aliphatic carbocycles. The van der Waals surface area contributed by atoms with Gasteiger partial charge >= 0.3 is 0 Å². The standard InChI is InChI=1S/C14H28N2/c1-11-6-7-14(12(2)9-11)15-10-13-5-4-8-16(13)3/h11-15H,4-10H2,1-3H3. The molecule has 1 N–H and O–H groups in total. The van der Waals surface area contributed by atoms with E-state index in [0.29, 0.717) is 0 Å². The Morgan fingerprint density at radius 2 is 2.00 bits per heavy atom. The molecule has 0 spiro atoms. The van der Waals surface area contributed by atoms with Crippen molar-refractivity contribution in [3.05, 3.63) is 0 Å². The molecule has 1 aliphatic heterocycles. The Labute approximate surface area is 101 Å². The molecule has 0 radical (unpaired) electrons. The van der Waals surface area contributed by atoms with Crippen LogP contribution in [0.3, 0.4) is 0 Å². The molecule has 2 heteroatoms. The average Bonchev–Trinajstić information content (AvgIpc) is 2.63. The van der Waals surface area contributed by atoms with Gasteiger partial charge in [0, 0.05) is 18.6 Å². The zero-order chi connectivity index (χ0) is 11.5. The summed E-state index contributed by atoms with van der Waals surface area (Å²) in [7, 11) is 2.27. The highest BCUT2D eigenvalue weighted by Gasteiger charge is 2.27. The molecule has 16 heavy (non-hydrogen) atoms. The van der Waals surface area contributed by atoms with Gasteiger partial charge in [0.05, 0.1) is 0 Å². The lowest BCUT2D eigenvalue weighted by atomic mass is 9.80. The second-order valence-electron chi connectivity index (χ2n) is 6.19. The van der Waals surface area contributed by atoms with Crippen LogP contribution in [0.2, 0.25) is 0 Å². The molecule has 2 rings (SSSR count). The molecule has 4 atom stereocenters. The molecule has 0 aromatic rings. The number of likely N-dealkylation sites (tertiary alicyclic amines) is 1. The van der Waals surface area contributed by atoms with Crippen LogP contribution in [0.15, 0.2) is 0 Å². The van der Waals surface area contributed by atoms with Crippen LogP contribution in [0.4, 0.5) is 0 Å². The van der Waals surface area contributed by atoms with Crippen LogP contribution in [0.1, 0.15) is 46.0 Å². The molecule has 0 aromatic heterocycles. The fraction of sp³-hybridized carbons (Fsp3) is 1.00. The normalized spacial score (nSPS) is 41.4. The maximum atomic E-state index is 3.82. The molecule has 2 nitrogen and oxygen atoms in total. The third-order valence-electron chi connectivity index (χ3n) is 4.72. The summed E-state index contributed by atoms with van der Waals surface area (Å²) in [5, 5.41) is 3.82. The van der Waals surface area contributed by atoms with Crippen LogP contribution in [0.25, 0.3) is 0 Å². The Bertz CT molecular complexity index is 217. The van der Waals surface area contributed by atoms with Crippen molar-refractivity contribution < 1.29 is 0 Å². The molecule has 1 heterocycles. The van der Waals surface area contributed by atoms with Gasteiger partial charge in [0.15, 0.2) is 0 Å². The fourth-order valence-corrected chi connectivity index (χ4v) is 3.49. The molecule has 1 saturated carbocycles. The minimum atomic E-state index is 0.783. The Hall–Kier alpha value is -0.0800. The van der Waals surface area contributed by atoms with E-state index in [-0.39, 0.29) is 0 Å². The molecule has 0 bridgehead atoms. The average molecular weight is 224 g/mol. The van der Waals surface area contributed by atoms with Gasteiger partial charge in [-0.15, -0.1) is 0 Å². The number of likely N-dealkylation sites (N-methyl/N-ethyl adjacent to an activating group) is 1. The quantitative estimate of drug-likeness (QED) is 0.792. The second-order valence-corrected chi connectivity index (χ2v) is 6.19. The van der Waals surface area contributed by atoms with E-state index >= 15 is 0 Å². The number of nitrogens with one attached hydrogen (secondary N) is 1. The van der Waals surface area contributed by atoms with Gasteiger partial charge in [-0.25, -0.2) is 0 Å². The maximum Gasteiger partial charge on any atom is 0.0218 e. The van der Waals surface area contributed by atoms with Gasteiger partial charge in [0.25, 0.3) is 0 Å². The van der Waals surface area contributed by atoms with Crippen LogP contribution in [-0.4, -0.2) is 37.1 Å². The van der Waals surface area contributed by atoms with Crippen molar-refractivity contribution in [1.82, 2.24) is 10.2 Å². The topological polar surface area (TPSA) is 15.3 Å². The van der Waals surface area contributed by atoms with Crippen molar-refractivity contribution in [3.8, 4) is 0 Å². The largest absolute Gasteiger partial charge is 0.312 e. The van der Waals surface area contributed by atoms with E-state index < -0.39 is 0 Å². The minimum Gasteiger partial charge on any atom is -0.312 e. The lowest BCUT2D eigenvalue weighted by Gasteiger charge is -2.34. The molecule has 0 aromatic carbocycles. The number of hydrogen-bond acceptors (Lipinski definition) is 2. The van der Waals surface area contributed by atoms with E-state index in [1.807, 2.05) is 0 Å². The minimum absolute atomic E-state index is 0.783. The first-order valence-corrected chi connectivity index (χ1v) is 7.10. The zero-order valence-corrected chi connectivity index (χ0v) is 11.2. The molecule has 1 saturated heterocycles. The Balaban J connectivity index is 1.73.